The number of benzene rings is 2. The smallest absolute Gasteiger partial charge is 0.319 e. The number of anilines is 1. The SMILES string of the molecule is O=C(NCc1ccccc1CO)Nc1ccc(F)c(F)c1. The molecule has 0 saturated carbocycles. The van der Waals surface area contributed by atoms with Crippen LogP contribution in [0, 0.1) is 11.6 Å². The molecule has 2 amide bonds. The van der Waals surface area contributed by atoms with Crippen LogP contribution in [0.15, 0.2) is 42.5 Å². The minimum absolute atomic E-state index is 0.122. The Balaban J connectivity index is 1.94. The number of aliphatic hydroxyl groups is 1. The molecule has 0 aliphatic heterocycles. The lowest BCUT2D eigenvalue weighted by molar-refractivity contribution is 0.251. The van der Waals surface area contributed by atoms with Crippen LogP contribution in [0.1, 0.15) is 11.1 Å². The Morgan fingerprint density at radius 2 is 1.76 bits per heavy atom. The molecule has 0 aliphatic rings. The van der Waals surface area contributed by atoms with E-state index in [4.69, 9.17) is 5.11 Å². The minimum Gasteiger partial charge on any atom is -0.392 e. The predicted octanol–water partition coefficient (Wildman–Crippen LogP) is 2.78. The van der Waals surface area contributed by atoms with Crippen molar-refractivity contribution in [1.29, 1.82) is 0 Å². The fourth-order valence-corrected chi connectivity index (χ4v) is 1.81. The van der Waals surface area contributed by atoms with Crippen molar-refractivity contribution in [3.8, 4) is 0 Å². The Bertz CT molecular complexity index is 647. The van der Waals surface area contributed by atoms with Gasteiger partial charge in [0.1, 0.15) is 0 Å². The molecule has 0 heterocycles. The predicted molar refractivity (Wildman–Crippen MR) is 74.6 cm³/mol. The first-order chi connectivity index (χ1) is 10.1. The summed E-state index contributed by atoms with van der Waals surface area (Å²) in [5.41, 5.74) is 1.65. The molecule has 0 unspecified atom stereocenters. The molecule has 0 atom stereocenters. The second kappa shape index (κ2) is 6.81. The number of carbonyl (C=O) groups excluding carboxylic acids is 1. The minimum atomic E-state index is -1.03. The van der Waals surface area contributed by atoms with Crippen molar-refractivity contribution >= 4 is 11.7 Å². The van der Waals surface area contributed by atoms with Crippen LogP contribution in [0.5, 0.6) is 0 Å². The van der Waals surface area contributed by atoms with Gasteiger partial charge in [0.05, 0.1) is 6.61 Å². The molecule has 0 saturated heterocycles. The van der Waals surface area contributed by atoms with Gasteiger partial charge < -0.3 is 15.7 Å². The fourth-order valence-electron chi connectivity index (χ4n) is 1.81. The van der Waals surface area contributed by atoms with Crippen LogP contribution in [0.3, 0.4) is 0 Å². The van der Waals surface area contributed by atoms with Crippen molar-refractivity contribution in [3.05, 3.63) is 65.2 Å². The molecule has 0 fully saturated rings. The average molecular weight is 292 g/mol. The van der Waals surface area contributed by atoms with E-state index < -0.39 is 17.7 Å². The lowest BCUT2D eigenvalue weighted by Gasteiger charge is -2.10. The van der Waals surface area contributed by atoms with Gasteiger partial charge in [-0.05, 0) is 23.3 Å². The number of rotatable bonds is 4. The summed E-state index contributed by atoms with van der Waals surface area (Å²) >= 11 is 0. The Labute approximate surface area is 120 Å². The number of aliphatic hydroxyl groups excluding tert-OH is 1. The quantitative estimate of drug-likeness (QED) is 0.811. The number of amides is 2. The standard InChI is InChI=1S/C15H14F2N2O2/c16-13-6-5-12(7-14(13)17)19-15(21)18-8-10-3-1-2-4-11(10)9-20/h1-7,20H,8-9H2,(H2,18,19,21). The molecule has 2 aromatic carbocycles. The second-order valence-electron chi connectivity index (χ2n) is 4.36. The van der Waals surface area contributed by atoms with Crippen LogP contribution < -0.4 is 10.6 Å². The molecule has 6 heteroatoms. The van der Waals surface area contributed by atoms with E-state index in [9.17, 15) is 13.6 Å². The van der Waals surface area contributed by atoms with E-state index >= 15 is 0 Å². The van der Waals surface area contributed by atoms with Crippen molar-refractivity contribution in [1.82, 2.24) is 5.32 Å². The first kappa shape index (κ1) is 14.9. The molecule has 0 aromatic heterocycles. The topological polar surface area (TPSA) is 61.4 Å². The zero-order valence-corrected chi connectivity index (χ0v) is 11.1. The molecule has 21 heavy (non-hydrogen) atoms. The lowest BCUT2D eigenvalue weighted by Crippen LogP contribution is -2.28. The molecule has 2 aromatic rings. The highest BCUT2D eigenvalue weighted by atomic mass is 19.2. The van der Waals surface area contributed by atoms with Crippen molar-refractivity contribution < 1.29 is 18.7 Å². The highest BCUT2D eigenvalue weighted by Gasteiger charge is 2.07. The highest BCUT2D eigenvalue weighted by molar-refractivity contribution is 5.89. The molecule has 0 bridgehead atoms. The maximum absolute atomic E-state index is 13.0. The van der Waals surface area contributed by atoms with E-state index in [1.54, 1.807) is 24.3 Å². The summed E-state index contributed by atoms with van der Waals surface area (Å²) in [6.07, 6.45) is 0. The van der Waals surface area contributed by atoms with Gasteiger partial charge in [-0.25, -0.2) is 13.6 Å². The molecule has 2 rings (SSSR count). The average Bonchev–Trinajstić information content (AvgIpc) is 2.49. The van der Waals surface area contributed by atoms with Gasteiger partial charge >= 0.3 is 6.03 Å². The van der Waals surface area contributed by atoms with Gasteiger partial charge in [-0.3, -0.25) is 0 Å². The van der Waals surface area contributed by atoms with E-state index in [-0.39, 0.29) is 18.8 Å². The number of hydrogen-bond donors (Lipinski definition) is 3. The molecule has 4 nitrogen and oxygen atoms in total. The van der Waals surface area contributed by atoms with E-state index in [1.165, 1.54) is 6.07 Å². The molecule has 0 radical (unpaired) electrons. The Morgan fingerprint density at radius 1 is 1.05 bits per heavy atom. The van der Waals surface area contributed by atoms with Crippen LogP contribution in [0.4, 0.5) is 19.3 Å². The molecule has 3 N–H and O–H groups in total. The zero-order chi connectivity index (χ0) is 15.2. The number of nitrogens with one attached hydrogen (secondary N) is 2. The largest absolute Gasteiger partial charge is 0.392 e. The van der Waals surface area contributed by atoms with E-state index in [2.05, 4.69) is 10.6 Å². The van der Waals surface area contributed by atoms with Crippen LogP contribution >= 0.6 is 0 Å². The molecular formula is C15H14F2N2O2. The first-order valence-corrected chi connectivity index (χ1v) is 6.27. The van der Waals surface area contributed by atoms with Crippen molar-refractivity contribution in [2.24, 2.45) is 0 Å². The maximum Gasteiger partial charge on any atom is 0.319 e. The van der Waals surface area contributed by atoms with Crippen LogP contribution in [-0.2, 0) is 13.2 Å². The summed E-state index contributed by atoms with van der Waals surface area (Å²) in [4.78, 5) is 11.7. The lowest BCUT2D eigenvalue weighted by atomic mass is 10.1. The summed E-state index contributed by atoms with van der Waals surface area (Å²) in [7, 11) is 0. The Hall–Kier alpha value is -2.47. The monoisotopic (exact) mass is 292 g/mol. The molecule has 0 aliphatic carbocycles. The summed E-state index contributed by atoms with van der Waals surface area (Å²) < 4.78 is 25.8. The maximum atomic E-state index is 13.0. The third-order valence-electron chi connectivity index (χ3n) is 2.91. The van der Waals surface area contributed by atoms with Gasteiger partial charge in [-0.1, -0.05) is 24.3 Å². The third-order valence-corrected chi connectivity index (χ3v) is 2.91. The van der Waals surface area contributed by atoms with Crippen LogP contribution in [0.2, 0.25) is 0 Å². The first-order valence-electron chi connectivity index (χ1n) is 6.27. The van der Waals surface area contributed by atoms with Crippen molar-refractivity contribution in [2.45, 2.75) is 13.2 Å². The van der Waals surface area contributed by atoms with E-state index in [0.29, 0.717) is 5.56 Å². The molecular weight excluding hydrogens is 278 g/mol. The van der Waals surface area contributed by atoms with Gasteiger partial charge in [-0.2, -0.15) is 0 Å². The van der Waals surface area contributed by atoms with Gasteiger partial charge in [0.15, 0.2) is 11.6 Å². The van der Waals surface area contributed by atoms with Gasteiger partial charge in [0.2, 0.25) is 0 Å². The normalized spacial score (nSPS) is 10.2. The third kappa shape index (κ3) is 4.00. The Morgan fingerprint density at radius 3 is 2.43 bits per heavy atom. The fraction of sp³-hybridized carbons (Fsp3) is 0.133. The number of carbonyl (C=O) groups is 1. The van der Waals surface area contributed by atoms with Gasteiger partial charge in [-0.15, -0.1) is 0 Å². The van der Waals surface area contributed by atoms with Gasteiger partial charge in [0, 0.05) is 18.3 Å². The van der Waals surface area contributed by atoms with Gasteiger partial charge in [0.25, 0.3) is 0 Å². The Kier molecular flexibility index (Phi) is 4.84. The van der Waals surface area contributed by atoms with E-state index in [0.717, 1.165) is 17.7 Å². The number of hydrogen-bond acceptors (Lipinski definition) is 2. The summed E-state index contributed by atoms with van der Waals surface area (Å²) in [6, 6.07) is 9.67. The van der Waals surface area contributed by atoms with Crippen molar-refractivity contribution in [3.63, 3.8) is 0 Å². The zero-order valence-electron chi connectivity index (χ0n) is 11.1. The number of halogens is 2. The van der Waals surface area contributed by atoms with Crippen LogP contribution in [0.25, 0.3) is 0 Å². The number of urea groups is 1. The molecule has 0 spiro atoms. The van der Waals surface area contributed by atoms with E-state index in [1.807, 2.05) is 0 Å². The summed E-state index contributed by atoms with van der Waals surface area (Å²) in [6.45, 7) is 0.0922. The second-order valence-corrected chi connectivity index (χ2v) is 4.36. The van der Waals surface area contributed by atoms with Crippen LogP contribution in [-0.4, -0.2) is 11.1 Å². The molecule has 110 valence electrons. The summed E-state index contributed by atoms with van der Waals surface area (Å²) in [5.74, 6) is -2.00. The highest BCUT2D eigenvalue weighted by Crippen LogP contribution is 2.13. The van der Waals surface area contributed by atoms with Crippen molar-refractivity contribution in [2.75, 3.05) is 5.32 Å². The summed E-state index contributed by atoms with van der Waals surface area (Å²) in [5, 5.41) is 14.1.